The lowest BCUT2D eigenvalue weighted by atomic mass is 9.96. The van der Waals surface area contributed by atoms with Crippen LogP contribution in [0.5, 0.6) is 0 Å². The quantitative estimate of drug-likeness (QED) is 0.911. The summed E-state index contributed by atoms with van der Waals surface area (Å²) in [6.45, 7) is 0.552. The Morgan fingerprint density at radius 2 is 1.73 bits per heavy atom. The number of anilines is 1. The van der Waals surface area contributed by atoms with Crippen molar-refractivity contribution < 1.29 is 26.4 Å². The minimum Gasteiger partial charge on any atom is -0.370 e. The Morgan fingerprint density at radius 3 is 2.23 bits per heavy atom. The molecule has 1 amide bonds. The van der Waals surface area contributed by atoms with Crippen LogP contribution in [0, 0.1) is 5.92 Å². The highest BCUT2D eigenvalue weighted by atomic mass is 32.2. The number of hydrogen-bond donors (Lipinski definition) is 1. The molecule has 0 unspecified atom stereocenters. The second kappa shape index (κ2) is 5.79. The maximum Gasteiger partial charge on any atom is 0.501 e. The monoisotopic (exact) mass is 336 g/mol. The lowest BCUT2D eigenvalue weighted by molar-refractivity contribution is -0.122. The number of primary amides is 1. The number of nitrogens with zero attached hydrogens (tertiary/aromatic N) is 1. The second-order valence-corrected chi connectivity index (χ2v) is 6.99. The van der Waals surface area contributed by atoms with Gasteiger partial charge < -0.3 is 10.6 Å². The van der Waals surface area contributed by atoms with Gasteiger partial charge in [-0.2, -0.15) is 13.2 Å². The summed E-state index contributed by atoms with van der Waals surface area (Å²) in [7, 11) is -5.42. The van der Waals surface area contributed by atoms with Gasteiger partial charge in [0.05, 0.1) is 10.6 Å². The molecule has 1 aromatic rings. The lowest BCUT2D eigenvalue weighted by Crippen LogP contribution is -2.39. The van der Waals surface area contributed by atoms with Crippen molar-refractivity contribution in [3.05, 3.63) is 24.3 Å². The number of hydrogen-bond acceptors (Lipinski definition) is 4. The zero-order valence-corrected chi connectivity index (χ0v) is 12.3. The minimum absolute atomic E-state index is 0.00254. The SMILES string of the molecule is NC(=O)C1CCN(c2ccccc2S(=O)(=O)C(F)(F)F)CC1. The summed E-state index contributed by atoms with van der Waals surface area (Å²) in [5.41, 5.74) is -0.145. The molecule has 9 heteroatoms. The van der Waals surface area contributed by atoms with Gasteiger partial charge in [0, 0.05) is 19.0 Å². The Kier molecular flexibility index (Phi) is 4.37. The molecule has 1 saturated heterocycles. The molecule has 22 heavy (non-hydrogen) atoms. The number of carbonyl (C=O) groups excluding carboxylic acids is 1. The first-order chi connectivity index (χ1) is 10.1. The van der Waals surface area contributed by atoms with Gasteiger partial charge in [-0.25, -0.2) is 8.42 Å². The van der Waals surface area contributed by atoms with Crippen molar-refractivity contribution in [2.75, 3.05) is 18.0 Å². The van der Waals surface area contributed by atoms with Crippen molar-refractivity contribution >= 4 is 21.4 Å². The van der Waals surface area contributed by atoms with Gasteiger partial charge in [-0.1, -0.05) is 12.1 Å². The van der Waals surface area contributed by atoms with Crippen LogP contribution in [-0.4, -0.2) is 32.9 Å². The number of piperidine rings is 1. The van der Waals surface area contributed by atoms with E-state index in [4.69, 9.17) is 5.73 Å². The van der Waals surface area contributed by atoms with E-state index in [0.717, 1.165) is 6.07 Å². The number of benzene rings is 1. The largest absolute Gasteiger partial charge is 0.501 e. The van der Waals surface area contributed by atoms with Gasteiger partial charge >= 0.3 is 5.51 Å². The molecule has 0 aliphatic carbocycles. The normalized spacial score (nSPS) is 17.5. The third-order valence-electron chi connectivity index (χ3n) is 3.70. The van der Waals surface area contributed by atoms with Crippen LogP contribution in [-0.2, 0) is 14.6 Å². The van der Waals surface area contributed by atoms with Gasteiger partial charge in [0.25, 0.3) is 9.84 Å². The number of para-hydroxylation sites is 1. The molecule has 0 saturated carbocycles. The van der Waals surface area contributed by atoms with E-state index in [9.17, 15) is 26.4 Å². The Balaban J connectivity index is 2.33. The van der Waals surface area contributed by atoms with Crippen molar-refractivity contribution in [3.63, 3.8) is 0 Å². The number of alkyl halides is 3. The summed E-state index contributed by atoms with van der Waals surface area (Å²) in [5, 5.41) is 0. The van der Waals surface area contributed by atoms with E-state index in [-0.39, 0.29) is 24.7 Å². The first kappa shape index (κ1) is 16.6. The van der Waals surface area contributed by atoms with Crippen LogP contribution in [0.3, 0.4) is 0 Å². The predicted molar refractivity (Wildman–Crippen MR) is 73.8 cm³/mol. The van der Waals surface area contributed by atoms with Crippen molar-refractivity contribution in [2.24, 2.45) is 11.7 Å². The topological polar surface area (TPSA) is 80.5 Å². The number of carbonyl (C=O) groups is 1. The third kappa shape index (κ3) is 3.03. The van der Waals surface area contributed by atoms with Crippen molar-refractivity contribution in [1.29, 1.82) is 0 Å². The minimum atomic E-state index is -5.42. The fourth-order valence-electron chi connectivity index (χ4n) is 2.48. The molecule has 2 rings (SSSR count). The summed E-state index contributed by atoms with van der Waals surface area (Å²) < 4.78 is 61.6. The molecular formula is C13H15F3N2O3S. The average molecular weight is 336 g/mol. The van der Waals surface area contributed by atoms with Crippen LogP contribution in [0.1, 0.15) is 12.8 Å². The van der Waals surface area contributed by atoms with Crippen LogP contribution < -0.4 is 10.6 Å². The molecule has 1 heterocycles. The standard InChI is InChI=1S/C13H15F3N2O3S/c14-13(15,16)22(20,21)11-4-2-1-3-10(11)18-7-5-9(6-8-18)12(17)19/h1-4,9H,5-8H2,(H2,17,19). The highest BCUT2D eigenvalue weighted by Crippen LogP contribution is 2.36. The molecule has 0 bridgehead atoms. The van der Waals surface area contributed by atoms with Crippen LogP contribution in [0.2, 0.25) is 0 Å². The van der Waals surface area contributed by atoms with Crippen LogP contribution in [0.4, 0.5) is 18.9 Å². The van der Waals surface area contributed by atoms with E-state index >= 15 is 0 Å². The predicted octanol–water partition coefficient (Wildman–Crippen LogP) is 1.68. The lowest BCUT2D eigenvalue weighted by Gasteiger charge is -2.33. The number of halogens is 3. The fraction of sp³-hybridized carbons (Fsp3) is 0.462. The number of nitrogens with two attached hydrogens (primary N) is 1. The molecule has 0 radical (unpaired) electrons. The highest BCUT2D eigenvalue weighted by Gasteiger charge is 2.48. The number of sulfone groups is 1. The van der Waals surface area contributed by atoms with Gasteiger partial charge in [-0.3, -0.25) is 4.79 Å². The van der Waals surface area contributed by atoms with Crippen molar-refractivity contribution in [2.45, 2.75) is 23.2 Å². The Hall–Kier alpha value is -1.77. The van der Waals surface area contributed by atoms with E-state index in [1.165, 1.54) is 23.1 Å². The van der Waals surface area contributed by atoms with E-state index in [0.29, 0.717) is 12.8 Å². The maximum atomic E-state index is 12.8. The Morgan fingerprint density at radius 1 is 1.18 bits per heavy atom. The average Bonchev–Trinajstić information content (AvgIpc) is 2.46. The van der Waals surface area contributed by atoms with E-state index in [1.807, 2.05) is 0 Å². The van der Waals surface area contributed by atoms with E-state index in [2.05, 4.69) is 0 Å². The molecular weight excluding hydrogens is 321 g/mol. The highest BCUT2D eigenvalue weighted by molar-refractivity contribution is 7.92. The summed E-state index contributed by atoms with van der Waals surface area (Å²) in [5.74, 6) is -0.779. The van der Waals surface area contributed by atoms with Gasteiger partial charge in [-0.15, -0.1) is 0 Å². The Bertz CT molecular complexity index is 665. The summed E-state index contributed by atoms with van der Waals surface area (Å²) in [6.07, 6.45) is 0.769. The molecule has 5 nitrogen and oxygen atoms in total. The van der Waals surface area contributed by atoms with Gasteiger partial charge in [-0.05, 0) is 25.0 Å². The zero-order chi connectivity index (χ0) is 16.5. The van der Waals surface area contributed by atoms with Crippen LogP contribution in [0.15, 0.2) is 29.2 Å². The first-order valence-corrected chi connectivity index (χ1v) is 8.07. The number of amides is 1. The Labute approximate surface area is 125 Å². The summed E-state index contributed by atoms with van der Waals surface area (Å²) in [6, 6.07) is 5.00. The first-order valence-electron chi connectivity index (χ1n) is 6.59. The van der Waals surface area contributed by atoms with Crippen molar-refractivity contribution in [3.8, 4) is 0 Å². The third-order valence-corrected chi connectivity index (χ3v) is 5.23. The number of rotatable bonds is 3. The molecule has 0 spiro atoms. The molecule has 2 N–H and O–H groups in total. The summed E-state index contributed by atoms with van der Waals surface area (Å²) >= 11 is 0. The molecule has 1 fully saturated rings. The molecule has 0 aromatic heterocycles. The van der Waals surface area contributed by atoms with Crippen LogP contribution in [0.25, 0.3) is 0 Å². The van der Waals surface area contributed by atoms with Gasteiger partial charge in [0.1, 0.15) is 0 Å². The summed E-state index contributed by atoms with van der Waals surface area (Å²) in [4.78, 5) is 11.9. The molecule has 1 aromatic carbocycles. The second-order valence-electron chi connectivity index (χ2n) is 5.08. The zero-order valence-electron chi connectivity index (χ0n) is 11.5. The van der Waals surface area contributed by atoms with Crippen molar-refractivity contribution in [1.82, 2.24) is 0 Å². The molecule has 0 atom stereocenters. The van der Waals surface area contributed by atoms with Gasteiger partial charge in [0.15, 0.2) is 0 Å². The molecule has 122 valence electrons. The smallest absolute Gasteiger partial charge is 0.370 e. The van der Waals surface area contributed by atoms with E-state index < -0.39 is 26.1 Å². The van der Waals surface area contributed by atoms with Crippen LogP contribution >= 0.6 is 0 Å². The van der Waals surface area contributed by atoms with E-state index in [1.54, 1.807) is 0 Å². The molecule has 1 aliphatic heterocycles. The molecule has 1 aliphatic rings. The fourth-order valence-corrected chi connectivity index (χ4v) is 3.45. The van der Waals surface area contributed by atoms with Gasteiger partial charge in [0.2, 0.25) is 5.91 Å². The maximum absolute atomic E-state index is 12.8.